The van der Waals surface area contributed by atoms with Gasteiger partial charge >= 0.3 is 5.97 Å². The molecule has 2 rings (SSSR count). The van der Waals surface area contributed by atoms with Crippen LogP contribution in [0.1, 0.15) is 10.4 Å². The van der Waals surface area contributed by atoms with Gasteiger partial charge in [-0.2, -0.15) is 0 Å². The predicted octanol–water partition coefficient (Wildman–Crippen LogP) is 2.41. The number of hydrogen-bond donors (Lipinski definition) is 2. The highest BCUT2D eigenvalue weighted by Crippen LogP contribution is 2.42. The quantitative estimate of drug-likeness (QED) is 0.877. The minimum absolute atomic E-state index is 0.145. The Balaban J connectivity index is 2.71. The lowest BCUT2D eigenvalue weighted by molar-refractivity contribution is 0.0698. The third-order valence-corrected chi connectivity index (χ3v) is 2.96. The number of methoxy groups -OCH3 is 3. The average molecular weight is 277 g/mol. The van der Waals surface area contributed by atoms with E-state index in [9.17, 15) is 9.90 Å². The Labute approximate surface area is 115 Å². The number of rotatable bonds is 5. The van der Waals surface area contributed by atoms with Crippen molar-refractivity contribution < 1.29 is 24.1 Å². The molecule has 1 aromatic heterocycles. The van der Waals surface area contributed by atoms with Crippen molar-refractivity contribution in [2.75, 3.05) is 21.3 Å². The summed E-state index contributed by atoms with van der Waals surface area (Å²) in [7, 11) is 4.54. The first kappa shape index (κ1) is 13.8. The van der Waals surface area contributed by atoms with Crippen molar-refractivity contribution in [2.45, 2.75) is 0 Å². The van der Waals surface area contributed by atoms with Crippen LogP contribution in [0.15, 0.2) is 24.5 Å². The molecule has 0 radical (unpaired) electrons. The number of carboxylic acid groups (broad SMARTS) is 1. The molecule has 0 amide bonds. The topological polar surface area (TPSA) is 80.8 Å². The molecule has 2 aromatic rings. The van der Waals surface area contributed by atoms with Crippen molar-refractivity contribution in [1.29, 1.82) is 0 Å². The van der Waals surface area contributed by atoms with E-state index in [0.717, 1.165) is 0 Å². The number of carbonyl (C=O) groups is 1. The van der Waals surface area contributed by atoms with Crippen LogP contribution in [0, 0.1) is 0 Å². The van der Waals surface area contributed by atoms with Crippen LogP contribution in [0.3, 0.4) is 0 Å². The minimum atomic E-state index is -1.03. The largest absolute Gasteiger partial charge is 0.496 e. The van der Waals surface area contributed by atoms with Crippen molar-refractivity contribution in [3.05, 3.63) is 30.1 Å². The maximum atomic E-state index is 11.3. The van der Waals surface area contributed by atoms with E-state index in [1.54, 1.807) is 18.3 Å². The molecular formula is C14H15NO5. The Morgan fingerprint density at radius 3 is 2.10 bits per heavy atom. The molecule has 0 bridgehead atoms. The molecule has 6 nitrogen and oxygen atoms in total. The van der Waals surface area contributed by atoms with E-state index in [4.69, 9.17) is 14.2 Å². The number of nitrogens with one attached hydrogen (secondary N) is 1. The molecule has 0 atom stereocenters. The summed E-state index contributed by atoms with van der Waals surface area (Å²) in [5, 5.41) is 9.22. The second-order valence-corrected chi connectivity index (χ2v) is 3.99. The van der Waals surface area contributed by atoms with E-state index in [1.807, 2.05) is 0 Å². The Morgan fingerprint density at radius 2 is 1.65 bits per heavy atom. The normalized spacial score (nSPS) is 10.2. The van der Waals surface area contributed by atoms with Gasteiger partial charge in [-0.05, 0) is 0 Å². The van der Waals surface area contributed by atoms with Crippen molar-refractivity contribution in [2.24, 2.45) is 0 Å². The summed E-state index contributed by atoms with van der Waals surface area (Å²) in [6.07, 6.45) is 3.01. The fourth-order valence-electron chi connectivity index (χ4n) is 2.02. The number of aromatic amines is 1. The van der Waals surface area contributed by atoms with Crippen LogP contribution in [0.5, 0.6) is 17.2 Å². The van der Waals surface area contributed by atoms with Crippen molar-refractivity contribution >= 4 is 5.97 Å². The smallest absolute Gasteiger partial charge is 0.337 e. The second-order valence-electron chi connectivity index (χ2n) is 3.99. The van der Waals surface area contributed by atoms with Gasteiger partial charge in [-0.3, -0.25) is 0 Å². The molecule has 0 spiro atoms. The van der Waals surface area contributed by atoms with E-state index < -0.39 is 5.97 Å². The molecule has 0 unspecified atom stereocenters. The molecular weight excluding hydrogens is 262 g/mol. The number of aromatic nitrogens is 1. The van der Waals surface area contributed by atoms with Gasteiger partial charge in [0.1, 0.15) is 17.2 Å². The fourth-order valence-corrected chi connectivity index (χ4v) is 2.02. The Morgan fingerprint density at radius 1 is 1.05 bits per heavy atom. The summed E-state index contributed by atoms with van der Waals surface area (Å²) < 4.78 is 15.8. The molecule has 0 aliphatic carbocycles. The van der Waals surface area contributed by atoms with Gasteiger partial charge in [0.2, 0.25) is 0 Å². The fraction of sp³-hybridized carbons (Fsp3) is 0.214. The van der Waals surface area contributed by atoms with Crippen LogP contribution < -0.4 is 14.2 Å². The molecule has 0 aliphatic rings. The first-order valence-electron chi connectivity index (χ1n) is 5.82. The molecule has 106 valence electrons. The zero-order chi connectivity index (χ0) is 14.7. The number of benzene rings is 1. The molecule has 1 aromatic carbocycles. The highest BCUT2D eigenvalue weighted by Gasteiger charge is 2.21. The lowest BCUT2D eigenvalue weighted by atomic mass is 10.0. The monoisotopic (exact) mass is 277 g/mol. The van der Waals surface area contributed by atoms with Crippen LogP contribution in [0.2, 0.25) is 0 Å². The van der Waals surface area contributed by atoms with Crippen LogP contribution >= 0.6 is 0 Å². The second kappa shape index (κ2) is 5.56. The van der Waals surface area contributed by atoms with E-state index in [2.05, 4.69) is 4.98 Å². The number of H-pyrrole nitrogens is 1. The van der Waals surface area contributed by atoms with E-state index >= 15 is 0 Å². The summed E-state index contributed by atoms with van der Waals surface area (Å²) in [4.78, 5) is 14.0. The Bertz CT molecular complexity index is 607. The first-order valence-corrected chi connectivity index (χ1v) is 5.82. The SMILES string of the molecule is COc1cc(OC)c(-c2c[nH]cc2C(=O)O)c(OC)c1. The summed E-state index contributed by atoms with van der Waals surface area (Å²) >= 11 is 0. The van der Waals surface area contributed by atoms with Crippen molar-refractivity contribution in [3.8, 4) is 28.4 Å². The molecule has 20 heavy (non-hydrogen) atoms. The standard InChI is InChI=1S/C14H15NO5/c1-18-8-4-11(19-2)13(12(5-8)20-3)9-6-15-7-10(9)14(16)17/h4-7,15H,1-3H3,(H,16,17). The maximum Gasteiger partial charge on any atom is 0.337 e. The number of carboxylic acids is 1. The molecule has 6 heteroatoms. The number of ether oxygens (including phenoxy) is 3. The summed E-state index contributed by atoms with van der Waals surface area (Å²) in [6, 6.07) is 3.35. The third kappa shape index (κ3) is 2.27. The van der Waals surface area contributed by atoms with Crippen LogP contribution in [-0.4, -0.2) is 37.4 Å². The maximum absolute atomic E-state index is 11.3. The van der Waals surface area contributed by atoms with Gasteiger partial charge in [0.15, 0.2) is 0 Å². The van der Waals surface area contributed by atoms with Gasteiger partial charge in [0.25, 0.3) is 0 Å². The summed E-state index contributed by atoms with van der Waals surface area (Å²) in [5.74, 6) is 0.489. The zero-order valence-electron chi connectivity index (χ0n) is 11.4. The minimum Gasteiger partial charge on any atom is -0.496 e. The van der Waals surface area contributed by atoms with Crippen LogP contribution in [0.25, 0.3) is 11.1 Å². The van der Waals surface area contributed by atoms with Crippen LogP contribution in [0.4, 0.5) is 0 Å². The predicted molar refractivity (Wildman–Crippen MR) is 72.8 cm³/mol. The number of aromatic carboxylic acids is 1. The highest BCUT2D eigenvalue weighted by molar-refractivity contribution is 5.98. The molecule has 0 aliphatic heterocycles. The van der Waals surface area contributed by atoms with Crippen molar-refractivity contribution in [3.63, 3.8) is 0 Å². The summed E-state index contributed by atoms with van der Waals surface area (Å²) in [6.45, 7) is 0. The number of hydrogen-bond acceptors (Lipinski definition) is 4. The van der Waals surface area contributed by atoms with E-state index in [0.29, 0.717) is 28.4 Å². The van der Waals surface area contributed by atoms with Crippen LogP contribution in [-0.2, 0) is 0 Å². The van der Waals surface area contributed by atoms with Gasteiger partial charge in [-0.25, -0.2) is 4.79 Å². The van der Waals surface area contributed by atoms with E-state index in [-0.39, 0.29) is 5.56 Å². The van der Waals surface area contributed by atoms with Gasteiger partial charge in [0.05, 0.1) is 32.5 Å². The van der Waals surface area contributed by atoms with E-state index in [1.165, 1.54) is 27.5 Å². The lowest BCUT2D eigenvalue weighted by Gasteiger charge is -2.14. The zero-order valence-corrected chi connectivity index (χ0v) is 11.4. The van der Waals surface area contributed by atoms with Gasteiger partial charge in [-0.15, -0.1) is 0 Å². The van der Waals surface area contributed by atoms with Gasteiger partial charge in [-0.1, -0.05) is 0 Å². The highest BCUT2D eigenvalue weighted by atomic mass is 16.5. The molecule has 1 heterocycles. The van der Waals surface area contributed by atoms with Gasteiger partial charge in [0, 0.05) is 30.1 Å². The van der Waals surface area contributed by atoms with Crippen molar-refractivity contribution in [1.82, 2.24) is 4.98 Å². The molecule has 0 saturated heterocycles. The molecule has 0 fully saturated rings. The third-order valence-electron chi connectivity index (χ3n) is 2.96. The Hall–Kier alpha value is -2.63. The summed E-state index contributed by atoms with van der Waals surface area (Å²) in [5.41, 5.74) is 1.20. The first-order chi connectivity index (χ1) is 9.62. The lowest BCUT2D eigenvalue weighted by Crippen LogP contribution is -1.99. The Kier molecular flexibility index (Phi) is 3.84. The molecule has 2 N–H and O–H groups in total. The molecule has 0 saturated carbocycles. The van der Waals surface area contributed by atoms with Gasteiger partial charge < -0.3 is 24.3 Å². The average Bonchev–Trinajstić information content (AvgIpc) is 2.94.